The molecule has 1 aromatic carbocycles. The fraction of sp³-hybridized carbons (Fsp3) is 0.143. The Labute approximate surface area is 111 Å². The predicted octanol–water partition coefficient (Wildman–Crippen LogP) is 3.42. The summed E-state index contributed by atoms with van der Waals surface area (Å²) in [4.78, 5) is 3.91. The first-order valence-corrected chi connectivity index (χ1v) is 5.87. The molecule has 0 aliphatic heterocycles. The molecule has 0 saturated carbocycles. The maximum Gasteiger partial charge on any atom is 0.171 e. The Bertz CT molecular complexity index is 551. The van der Waals surface area contributed by atoms with Crippen LogP contribution in [0.5, 0.6) is 5.75 Å². The first-order chi connectivity index (χ1) is 8.81. The number of nitrogens with zero attached hydrogens (tertiary/aromatic N) is 2. The zero-order valence-electron chi connectivity index (χ0n) is 9.58. The number of hydrogen-bond acceptors (Lipinski definition) is 3. The molecule has 2 rings (SSSR count). The molecule has 0 saturated heterocycles. The minimum Gasteiger partial charge on any atom is -0.489 e. The monoisotopic (exact) mass is 258 g/mol. The maximum absolute atomic E-state index is 9.15. The average molecular weight is 259 g/mol. The van der Waals surface area contributed by atoms with Crippen LogP contribution < -0.4 is 4.74 Å². The lowest BCUT2D eigenvalue weighted by Crippen LogP contribution is -2.08. The molecule has 0 amide bonds. The van der Waals surface area contributed by atoms with Crippen molar-refractivity contribution in [3.8, 4) is 11.8 Å². The van der Waals surface area contributed by atoms with Crippen molar-refractivity contribution in [1.29, 1.82) is 5.26 Å². The van der Waals surface area contributed by atoms with Gasteiger partial charge in [-0.25, -0.2) is 4.98 Å². The molecule has 0 radical (unpaired) electrons. The highest BCUT2D eigenvalue weighted by Gasteiger charge is 2.12. The van der Waals surface area contributed by atoms with Crippen molar-refractivity contribution >= 4 is 11.6 Å². The molecular weight excluding hydrogens is 248 g/mol. The second kappa shape index (κ2) is 6.04. The predicted molar refractivity (Wildman–Crippen MR) is 69.5 cm³/mol. The van der Waals surface area contributed by atoms with Crippen LogP contribution in [0.15, 0.2) is 48.7 Å². The van der Waals surface area contributed by atoms with Crippen LogP contribution in [0.4, 0.5) is 0 Å². The summed E-state index contributed by atoms with van der Waals surface area (Å²) in [7, 11) is 0. The van der Waals surface area contributed by atoms with Crippen LogP contribution >= 0.6 is 11.6 Å². The molecule has 0 aliphatic carbocycles. The second-order valence-electron chi connectivity index (χ2n) is 3.70. The van der Waals surface area contributed by atoms with E-state index in [4.69, 9.17) is 21.6 Å². The van der Waals surface area contributed by atoms with Gasteiger partial charge in [0, 0.05) is 6.20 Å². The van der Waals surface area contributed by atoms with E-state index >= 15 is 0 Å². The molecule has 0 spiro atoms. The Kier molecular flexibility index (Phi) is 4.16. The van der Waals surface area contributed by atoms with Crippen molar-refractivity contribution in [2.75, 3.05) is 6.61 Å². The van der Waals surface area contributed by atoms with E-state index < -0.39 is 0 Å². The van der Waals surface area contributed by atoms with Crippen LogP contribution in [0.2, 0.25) is 5.15 Å². The molecule has 1 heterocycles. The molecule has 1 aromatic heterocycles. The second-order valence-corrected chi connectivity index (χ2v) is 4.05. The van der Waals surface area contributed by atoms with Gasteiger partial charge in [0.15, 0.2) is 10.9 Å². The summed E-state index contributed by atoms with van der Waals surface area (Å²) in [5, 5.41) is 9.46. The van der Waals surface area contributed by atoms with Crippen molar-refractivity contribution in [1.82, 2.24) is 4.98 Å². The van der Waals surface area contributed by atoms with Gasteiger partial charge in [-0.2, -0.15) is 5.26 Å². The van der Waals surface area contributed by atoms with Crippen molar-refractivity contribution in [2.24, 2.45) is 0 Å². The van der Waals surface area contributed by atoms with Crippen LogP contribution in [-0.2, 0) is 0 Å². The van der Waals surface area contributed by atoms with Gasteiger partial charge in [0.05, 0.1) is 6.07 Å². The molecule has 0 aliphatic rings. The molecule has 1 atom stereocenters. The minimum absolute atomic E-state index is 0.256. The SMILES string of the molecule is N#CC(COc1cccnc1Cl)c1ccccc1. The summed E-state index contributed by atoms with van der Waals surface area (Å²) in [6.45, 7) is 0.256. The molecule has 1 unspecified atom stereocenters. The highest BCUT2D eigenvalue weighted by atomic mass is 35.5. The normalized spacial score (nSPS) is 11.6. The standard InChI is InChI=1S/C14H11ClN2O/c15-14-13(7-4-8-17-14)18-10-12(9-16)11-5-2-1-3-6-11/h1-8,12H,10H2. The van der Waals surface area contributed by atoms with E-state index in [1.54, 1.807) is 18.3 Å². The third-order valence-electron chi connectivity index (χ3n) is 2.49. The molecule has 2 aromatic rings. The van der Waals surface area contributed by atoms with Crippen molar-refractivity contribution in [3.63, 3.8) is 0 Å². The lowest BCUT2D eigenvalue weighted by atomic mass is 10.0. The molecule has 0 bridgehead atoms. The van der Waals surface area contributed by atoms with Gasteiger partial charge in [-0.05, 0) is 17.7 Å². The van der Waals surface area contributed by atoms with Gasteiger partial charge < -0.3 is 4.74 Å². The van der Waals surface area contributed by atoms with Gasteiger partial charge in [-0.15, -0.1) is 0 Å². The lowest BCUT2D eigenvalue weighted by molar-refractivity contribution is 0.307. The van der Waals surface area contributed by atoms with E-state index in [9.17, 15) is 0 Å². The van der Waals surface area contributed by atoms with E-state index in [1.807, 2.05) is 30.3 Å². The summed E-state index contributed by atoms with van der Waals surface area (Å²) in [5.41, 5.74) is 0.931. The number of aromatic nitrogens is 1. The highest BCUT2D eigenvalue weighted by Crippen LogP contribution is 2.23. The van der Waals surface area contributed by atoms with Gasteiger partial charge in [0.1, 0.15) is 12.5 Å². The van der Waals surface area contributed by atoms with E-state index in [1.165, 1.54) is 0 Å². The summed E-state index contributed by atoms with van der Waals surface area (Å²) in [6.07, 6.45) is 1.59. The first-order valence-electron chi connectivity index (χ1n) is 5.49. The Balaban J connectivity index is 2.05. The van der Waals surface area contributed by atoms with Gasteiger partial charge >= 0.3 is 0 Å². The van der Waals surface area contributed by atoms with Crippen molar-refractivity contribution in [2.45, 2.75) is 5.92 Å². The third-order valence-corrected chi connectivity index (χ3v) is 2.77. The van der Waals surface area contributed by atoms with E-state index in [-0.39, 0.29) is 12.5 Å². The molecule has 18 heavy (non-hydrogen) atoms. The number of pyridine rings is 1. The number of nitriles is 1. The smallest absolute Gasteiger partial charge is 0.171 e. The number of ether oxygens (including phenoxy) is 1. The zero-order valence-corrected chi connectivity index (χ0v) is 10.3. The minimum atomic E-state index is -0.317. The average Bonchev–Trinajstić information content (AvgIpc) is 2.42. The first kappa shape index (κ1) is 12.4. The number of rotatable bonds is 4. The van der Waals surface area contributed by atoms with E-state index in [0.717, 1.165) is 5.56 Å². The quantitative estimate of drug-likeness (QED) is 0.790. The number of benzene rings is 1. The summed E-state index contributed by atoms with van der Waals surface area (Å²) in [6, 6.07) is 15.2. The number of halogens is 1. The molecule has 90 valence electrons. The fourth-order valence-electron chi connectivity index (χ4n) is 1.55. The molecule has 4 heteroatoms. The van der Waals surface area contributed by atoms with Gasteiger partial charge in [-0.1, -0.05) is 41.9 Å². The summed E-state index contributed by atoms with van der Waals surface area (Å²) in [5.74, 6) is 0.179. The van der Waals surface area contributed by atoms with Crippen LogP contribution in [0.25, 0.3) is 0 Å². The summed E-state index contributed by atoms with van der Waals surface area (Å²) >= 11 is 5.88. The topological polar surface area (TPSA) is 45.9 Å². The largest absolute Gasteiger partial charge is 0.489 e. The lowest BCUT2D eigenvalue weighted by Gasteiger charge is -2.11. The number of hydrogen-bond donors (Lipinski definition) is 0. The maximum atomic E-state index is 9.15. The third kappa shape index (κ3) is 2.99. The Morgan fingerprint density at radius 1 is 1.22 bits per heavy atom. The zero-order chi connectivity index (χ0) is 12.8. The van der Waals surface area contributed by atoms with Gasteiger partial charge in [-0.3, -0.25) is 0 Å². The molecular formula is C14H11ClN2O. The van der Waals surface area contributed by atoms with E-state index in [0.29, 0.717) is 10.9 Å². The highest BCUT2D eigenvalue weighted by molar-refractivity contribution is 6.30. The molecule has 0 fully saturated rings. The van der Waals surface area contributed by atoms with Crippen LogP contribution in [0.1, 0.15) is 11.5 Å². The summed E-state index contributed by atoms with van der Waals surface area (Å²) < 4.78 is 5.53. The van der Waals surface area contributed by atoms with Crippen molar-refractivity contribution < 1.29 is 4.74 Å². The van der Waals surface area contributed by atoms with Crippen molar-refractivity contribution in [3.05, 3.63) is 59.4 Å². The van der Waals surface area contributed by atoms with Crippen LogP contribution in [0, 0.1) is 11.3 Å². The van der Waals surface area contributed by atoms with Crippen LogP contribution in [-0.4, -0.2) is 11.6 Å². The van der Waals surface area contributed by atoms with Crippen LogP contribution in [0.3, 0.4) is 0 Å². The Hall–Kier alpha value is -2.05. The Morgan fingerprint density at radius 3 is 2.67 bits per heavy atom. The van der Waals surface area contributed by atoms with Gasteiger partial charge in [0.25, 0.3) is 0 Å². The Morgan fingerprint density at radius 2 is 2.00 bits per heavy atom. The van der Waals surface area contributed by atoms with Gasteiger partial charge in [0.2, 0.25) is 0 Å². The molecule has 0 N–H and O–H groups in total. The van der Waals surface area contributed by atoms with E-state index in [2.05, 4.69) is 11.1 Å². The fourth-order valence-corrected chi connectivity index (χ4v) is 1.72. The molecule has 3 nitrogen and oxygen atoms in total.